The maximum Gasteiger partial charge on any atom is 0.274 e. The summed E-state index contributed by atoms with van der Waals surface area (Å²) in [5.74, 6) is -3.52. The van der Waals surface area contributed by atoms with Crippen LogP contribution in [0, 0.1) is 0 Å². The molecular weight excluding hydrogens is 410 g/mol. The van der Waals surface area contributed by atoms with Crippen molar-refractivity contribution in [3.05, 3.63) is 59.7 Å². The van der Waals surface area contributed by atoms with Crippen LogP contribution in [0.4, 0.5) is 8.78 Å². The second-order valence-electron chi connectivity index (χ2n) is 8.09. The van der Waals surface area contributed by atoms with E-state index in [-0.39, 0.29) is 17.9 Å². The molecule has 0 saturated carbocycles. The zero-order valence-corrected chi connectivity index (χ0v) is 17.5. The molecule has 2 aromatic carbocycles. The van der Waals surface area contributed by atoms with Crippen molar-refractivity contribution in [3.63, 3.8) is 0 Å². The van der Waals surface area contributed by atoms with Crippen LogP contribution in [0.5, 0.6) is 0 Å². The standard InChI is InChI=1S/C22H24F2N2O3S/c1-30(28,29)25-19-10-12-26-20(19)14-15-5-4-6-16(13-15)17-7-2-3-8-18(17)22(23,24)11-9-21(26)27/h2-8,13,19-20,25H,9-12,14H2,1H3. The molecule has 2 atom stereocenters. The maximum atomic E-state index is 15.1. The number of alkyl halides is 2. The Bertz CT molecular complexity index is 1070. The van der Waals surface area contributed by atoms with Crippen LogP contribution in [0.15, 0.2) is 48.5 Å². The van der Waals surface area contributed by atoms with Crippen LogP contribution < -0.4 is 4.72 Å². The van der Waals surface area contributed by atoms with Gasteiger partial charge in [-0.05, 0) is 29.5 Å². The Labute approximate surface area is 175 Å². The van der Waals surface area contributed by atoms with Crippen molar-refractivity contribution in [2.45, 2.75) is 43.7 Å². The lowest BCUT2D eigenvalue weighted by Crippen LogP contribution is -2.47. The highest BCUT2D eigenvalue weighted by molar-refractivity contribution is 7.88. The summed E-state index contributed by atoms with van der Waals surface area (Å²) in [4.78, 5) is 14.4. The molecule has 0 aliphatic carbocycles. The van der Waals surface area contributed by atoms with Crippen LogP contribution in [0.2, 0.25) is 0 Å². The second-order valence-corrected chi connectivity index (χ2v) is 9.87. The second kappa shape index (κ2) is 7.74. The van der Waals surface area contributed by atoms with Crippen molar-refractivity contribution in [2.24, 2.45) is 0 Å². The summed E-state index contributed by atoms with van der Waals surface area (Å²) in [7, 11) is -3.46. The summed E-state index contributed by atoms with van der Waals surface area (Å²) in [6.45, 7) is 0.346. The molecule has 2 bridgehead atoms. The zero-order chi connectivity index (χ0) is 21.5. The first kappa shape index (κ1) is 20.9. The van der Waals surface area contributed by atoms with E-state index in [1.165, 1.54) is 6.07 Å². The molecule has 8 heteroatoms. The summed E-state index contributed by atoms with van der Waals surface area (Å²) in [6, 6.07) is 12.9. The molecule has 2 unspecified atom stereocenters. The number of benzene rings is 2. The highest BCUT2D eigenvalue weighted by Crippen LogP contribution is 2.40. The van der Waals surface area contributed by atoms with Gasteiger partial charge in [0.05, 0.1) is 12.3 Å². The Morgan fingerprint density at radius 1 is 1.13 bits per heavy atom. The Hall–Kier alpha value is -2.32. The fourth-order valence-electron chi connectivity index (χ4n) is 4.53. The summed E-state index contributed by atoms with van der Waals surface area (Å²) in [6.07, 6.45) is 1.11. The Kier molecular flexibility index (Phi) is 5.40. The van der Waals surface area contributed by atoms with Gasteiger partial charge in [-0.2, -0.15) is 0 Å². The molecule has 0 aromatic heterocycles. The van der Waals surface area contributed by atoms with E-state index in [1.54, 1.807) is 29.2 Å². The summed E-state index contributed by atoms with van der Waals surface area (Å²) in [5, 5.41) is 0. The molecule has 0 radical (unpaired) electrons. The van der Waals surface area contributed by atoms with Gasteiger partial charge in [0.25, 0.3) is 5.92 Å². The molecular formula is C22H24F2N2O3S. The van der Waals surface area contributed by atoms with Crippen LogP contribution in [0.3, 0.4) is 0 Å². The van der Waals surface area contributed by atoms with Gasteiger partial charge in [0.15, 0.2) is 0 Å². The third-order valence-corrected chi connectivity index (χ3v) is 6.62. The monoisotopic (exact) mass is 434 g/mol. The minimum Gasteiger partial charge on any atom is -0.338 e. The van der Waals surface area contributed by atoms with Gasteiger partial charge in [-0.1, -0.05) is 48.5 Å². The molecule has 2 aliphatic rings. The first-order chi connectivity index (χ1) is 14.1. The van der Waals surface area contributed by atoms with Gasteiger partial charge in [0.1, 0.15) is 0 Å². The minimum atomic E-state index is -3.46. The van der Waals surface area contributed by atoms with Crippen LogP contribution in [0.1, 0.15) is 30.4 Å². The Morgan fingerprint density at radius 2 is 1.90 bits per heavy atom. The van der Waals surface area contributed by atoms with E-state index in [1.807, 2.05) is 18.2 Å². The first-order valence-corrected chi connectivity index (χ1v) is 11.9. The lowest BCUT2D eigenvalue weighted by Gasteiger charge is -2.30. The number of rotatable bonds is 2. The van der Waals surface area contributed by atoms with Gasteiger partial charge >= 0.3 is 0 Å². The molecule has 160 valence electrons. The van der Waals surface area contributed by atoms with E-state index in [4.69, 9.17) is 0 Å². The minimum absolute atomic E-state index is 0.0786. The topological polar surface area (TPSA) is 66.5 Å². The van der Waals surface area contributed by atoms with Crippen LogP contribution >= 0.6 is 0 Å². The number of fused-ring (bicyclic) bond motifs is 5. The first-order valence-electron chi connectivity index (χ1n) is 9.97. The molecule has 30 heavy (non-hydrogen) atoms. The molecule has 4 rings (SSSR count). The largest absolute Gasteiger partial charge is 0.338 e. The van der Waals surface area contributed by atoms with Gasteiger partial charge < -0.3 is 4.90 Å². The van der Waals surface area contributed by atoms with Gasteiger partial charge in [-0.3, -0.25) is 4.79 Å². The molecule has 2 heterocycles. The highest BCUT2D eigenvalue weighted by atomic mass is 32.2. The summed E-state index contributed by atoms with van der Waals surface area (Å²) >= 11 is 0. The number of carbonyl (C=O) groups excluding carboxylic acids is 1. The molecule has 1 fully saturated rings. The molecule has 1 amide bonds. The molecule has 5 nitrogen and oxygen atoms in total. The Morgan fingerprint density at radius 3 is 2.67 bits per heavy atom. The van der Waals surface area contributed by atoms with E-state index in [0.29, 0.717) is 30.5 Å². The number of hydrogen-bond donors (Lipinski definition) is 1. The van der Waals surface area contributed by atoms with Crippen LogP contribution in [0.25, 0.3) is 11.1 Å². The van der Waals surface area contributed by atoms with Crippen molar-refractivity contribution in [3.8, 4) is 11.1 Å². The van der Waals surface area contributed by atoms with Gasteiger partial charge in [-0.25, -0.2) is 21.9 Å². The SMILES string of the molecule is CS(=O)(=O)NC1CCN2C(=O)CCC(F)(F)c3ccccc3-c3cccc(c3)CC12. The molecule has 0 spiro atoms. The van der Waals surface area contributed by atoms with Crippen molar-refractivity contribution >= 4 is 15.9 Å². The number of nitrogens with one attached hydrogen (secondary N) is 1. The van der Waals surface area contributed by atoms with E-state index in [0.717, 1.165) is 11.8 Å². The number of sulfonamides is 1. The van der Waals surface area contributed by atoms with Crippen molar-refractivity contribution in [2.75, 3.05) is 12.8 Å². The average Bonchev–Trinajstić information content (AvgIpc) is 3.06. The fourth-order valence-corrected chi connectivity index (χ4v) is 5.36. The molecule has 2 aliphatic heterocycles. The molecule has 2 aromatic rings. The predicted molar refractivity (Wildman–Crippen MR) is 111 cm³/mol. The third-order valence-electron chi connectivity index (χ3n) is 5.89. The van der Waals surface area contributed by atoms with Crippen molar-refractivity contribution in [1.29, 1.82) is 0 Å². The van der Waals surface area contributed by atoms with Crippen molar-refractivity contribution < 1.29 is 22.0 Å². The Balaban J connectivity index is 1.80. The highest BCUT2D eigenvalue weighted by Gasteiger charge is 2.41. The van der Waals surface area contributed by atoms with E-state index in [2.05, 4.69) is 4.72 Å². The molecule has 1 N–H and O–H groups in total. The quantitative estimate of drug-likeness (QED) is 0.789. The lowest BCUT2D eigenvalue weighted by molar-refractivity contribution is -0.134. The number of carbonyl (C=O) groups is 1. The summed E-state index contributed by atoms with van der Waals surface area (Å²) < 4.78 is 56.4. The predicted octanol–water partition coefficient (Wildman–Crippen LogP) is 3.30. The normalized spacial score (nSPS) is 23.8. The lowest BCUT2D eigenvalue weighted by atomic mass is 9.90. The number of halogens is 2. The summed E-state index contributed by atoms with van der Waals surface area (Å²) in [5.41, 5.74) is 1.93. The average molecular weight is 435 g/mol. The number of amides is 1. The van der Waals surface area contributed by atoms with Gasteiger partial charge in [-0.15, -0.1) is 0 Å². The smallest absolute Gasteiger partial charge is 0.274 e. The zero-order valence-electron chi connectivity index (χ0n) is 16.6. The van der Waals surface area contributed by atoms with Gasteiger partial charge in [0, 0.05) is 31.0 Å². The van der Waals surface area contributed by atoms with Crippen molar-refractivity contribution in [1.82, 2.24) is 9.62 Å². The maximum absolute atomic E-state index is 15.1. The third kappa shape index (κ3) is 4.25. The number of hydrogen-bond acceptors (Lipinski definition) is 3. The van der Waals surface area contributed by atoms with Gasteiger partial charge in [0.2, 0.25) is 15.9 Å². The van der Waals surface area contributed by atoms with Crippen LogP contribution in [-0.2, 0) is 27.2 Å². The fraction of sp³-hybridized carbons (Fsp3) is 0.409. The van der Waals surface area contributed by atoms with E-state index in [9.17, 15) is 13.2 Å². The van der Waals surface area contributed by atoms with E-state index < -0.39 is 34.5 Å². The molecule has 1 saturated heterocycles. The van der Waals surface area contributed by atoms with Crippen LogP contribution in [-0.4, -0.2) is 44.1 Å². The van der Waals surface area contributed by atoms with E-state index >= 15 is 8.78 Å². The number of nitrogens with zero attached hydrogens (tertiary/aromatic N) is 1.